The van der Waals surface area contributed by atoms with Crippen molar-refractivity contribution in [1.29, 1.82) is 0 Å². The normalized spacial score (nSPS) is 19.1. The number of hydrogen-bond donors (Lipinski definition) is 1. The van der Waals surface area contributed by atoms with E-state index in [-0.39, 0.29) is 11.8 Å². The summed E-state index contributed by atoms with van der Waals surface area (Å²) in [4.78, 5) is 28.3. The van der Waals surface area contributed by atoms with Gasteiger partial charge in [0.05, 0.1) is 0 Å². The first-order valence-electron chi connectivity index (χ1n) is 11.6. The van der Waals surface area contributed by atoms with Crippen molar-refractivity contribution in [3.63, 3.8) is 0 Å². The zero-order valence-corrected chi connectivity index (χ0v) is 18.1. The summed E-state index contributed by atoms with van der Waals surface area (Å²) in [5.41, 5.74) is 0. The molecule has 160 valence electrons. The minimum Gasteiger partial charge on any atom is -0.311 e. The number of anilines is 1. The van der Waals surface area contributed by atoms with Crippen molar-refractivity contribution in [3.05, 3.63) is 36.5 Å². The molecule has 4 heteroatoms. The van der Waals surface area contributed by atoms with Crippen molar-refractivity contribution >= 4 is 17.5 Å². The van der Waals surface area contributed by atoms with Crippen molar-refractivity contribution < 1.29 is 9.59 Å². The summed E-state index contributed by atoms with van der Waals surface area (Å²) in [7, 11) is 0. The summed E-state index contributed by atoms with van der Waals surface area (Å²) in [5.74, 6) is 1.79. The van der Waals surface area contributed by atoms with Crippen LogP contribution >= 0.6 is 0 Å². The fraction of sp³-hybridized carbons (Fsp3) is 0.640. The van der Waals surface area contributed by atoms with Crippen LogP contribution in [-0.2, 0) is 9.59 Å². The highest BCUT2D eigenvalue weighted by atomic mass is 16.1. The van der Waals surface area contributed by atoms with Crippen molar-refractivity contribution in [2.45, 2.75) is 90.4 Å². The predicted molar refractivity (Wildman–Crippen MR) is 120 cm³/mol. The number of allylic oxidation sites excluding steroid dienone is 2. The Balaban J connectivity index is 1.56. The number of nitrogens with zero attached hydrogens (tertiary/aromatic N) is 1. The number of pyridine rings is 1. The average Bonchev–Trinajstić information content (AvgIpc) is 3.07. The molecule has 1 saturated carbocycles. The van der Waals surface area contributed by atoms with Gasteiger partial charge in [-0.05, 0) is 50.2 Å². The number of aromatic nitrogens is 1. The van der Waals surface area contributed by atoms with Gasteiger partial charge in [0.25, 0.3) is 0 Å². The summed E-state index contributed by atoms with van der Waals surface area (Å²) >= 11 is 0. The van der Waals surface area contributed by atoms with E-state index in [9.17, 15) is 9.59 Å². The van der Waals surface area contributed by atoms with Crippen LogP contribution in [0.4, 0.5) is 5.82 Å². The molecule has 2 rings (SSSR count). The number of ketones is 1. The lowest BCUT2D eigenvalue weighted by Crippen LogP contribution is -2.13. The van der Waals surface area contributed by atoms with Crippen molar-refractivity contribution in [2.24, 2.45) is 11.8 Å². The standard InChI is InChI=1S/C25H38N2O2/c1-2-3-4-5-6-9-14-21-18-19-23(28)22(21)15-10-7-8-11-17-25(29)27-24-16-12-13-20-26-24/h9,12-14,16,20-22H,2-8,10-11,15,17-19H2,1H3,(H,26,27,29)/b14-9+/t21-,22+/m0/s1. The highest BCUT2D eigenvalue weighted by Crippen LogP contribution is 2.34. The van der Waals surface area contributed by atoms with E-state index in [4.69, 9.17) is 0 Å². The molecule has 2 atom stereocenters. The van der Waals surface area contributed by atoms with Gasteiger partial charge in [0, 0.05) is 25.0 Å². The topological polar surface area (TPSA) is 59.1 Å². The summed E-state index contributed by atoms with van der Waals surface area (Å²) in [6.45, 7) is 2.24. The number of hydrogen-bond acceptors (Lipinski definition) is 3. The molecule has 0 spiro atoms. The SMILES string of the molecule is CCCCCC/C=C/[C@H]1CCC(=O)[C@@H]1CCCCCCC(=O)Nc1ccccn1. The molecule has 0 unspecified atom stereocenters. The van der Waals surface area contributed by atoms with Gasteiger partial charge in [-0.3, -0.25) is 9.59 Å². The van der Waals surface area contributed by atoms with Gasteiger partial charge in [0.15, 0.2) is 0 Å². The number of nitrogens with one attached hydrogen (secondary N) is 1. The average molecular weight is 399 g/mol. The Morgan fingerprint density at radius 1 is 1.14 bits per heavy atom. The van der Waals surface area contributed by atoms with Crippen LogP contribution in [0.25, 0.3) is 0 Å². The van der Waals surface area contributed by atoms with Crippen molar-refractivity contribution in [2.75, 3.05) is 5.32 Å². The molecule has 1 heterocycles. The molecule has 0 aromatic carbocycles. The molecule has 1 fully saturated rings. The Hall–Kier alpha value is -1.97. The zero-order chi connectivity index (χ0) is 20.7. The van der Waals surface area contributed by atoms with Crippen LogP contribution in [0.1, 0.15) is 90.4 Å². The van der Waals surface area contributed by atoms with Crippen LogP contribution < -0.4 is 5.32 Å². The number of unbranched alkanes of at least 4 members (excludes halogenated alkanes) is 7. The number of carbonyl (C=O) groups excluding carboxylic acids is 2. The van der Waals surface area contributed by atoms with E-state index >= 15 is 0 Å². The Bertz CT molecular complexity index is 627. The second kappa shape index (κ2) is 14.1. The molecule has 1 aliphatic carbocycles. The predicted octanol–water partition coefficient (Wildman–Crippen LogP) is 6.48. The molecule has 4 nitrogen and oxygen atoms in total. The van der Waals surface area contributed by atoms with Gasteiger partial charge in [-0.15, -0.1) is 0 Å². The first-order valence-corrected chi connectivity index (χ1v) is 11.6. The van der Waals surface area contributed by atoms with Gasteiger partial charge >= 0.3 is 0 Å². The van der Waals surface area contributed by atoms with E-state index in [0.717, 1.165) is 51.4 Å². The van der Waals surface area contributed by atoms with E-state index in [1.54, 1.807) is 12.3 Å². The first-order chi connectivity index (χ1) is 14.2. The quantitative estimate of drug-likeness (QED) is 0.288. The van der Waals surface area contributed by atoms with E-state index in [1.807, 2.05) is 12.1 Å². The minimum atomic E-state index is 0.0267. The molecule has 1 aromatic heterocycles. The second-order valence-electron chi connectivity index (χ2n) is 8.27. The van der Waals surface area contributed by atoms with E-state index in [1.165, 1.54) is 25.7 Å². The molecular formula is C25H38N2O2. The molecule has 1 aromatic rings. The molecule has 1 N–H and O–H groups in total. The third-order valence-electron chi connectivity index (χ3n) is 5.86. The Morgan fingerprint density at radius 3 is 2.76 bits per heavy atom. The van der Waals surface area contributed by atoms with Crippen LogP contribution in [-0.4, -0.2) is 16.7 Å². The van der Waals surface area contributed by atoms with Gasteiger partial charge in [-0.2, -0.15) is 0 Å². The third-order valence-corrected chi connectivity index (χ3v) is 5.86. The van der Waals surface area contributed by atoms with Gasteiger partial charge in [-0.1, -0.05) is 63.7 Å². The maximum Gasteiger partial charge on any atom is 0.225 e. The number of Topliss-reactive ketones (excluding diaryl/α,β-unsaturated/α-hetero) is 1. The Labute approximate surface area is 176 Å². The smallest absolute Gasteiger partial charge is 0.225 e. The van der Waals surface area contributed by atoms with Crippen LogP contribution in [0.3, 0.4) is 0 Å². The summed E-state index contributed by atoms with van der Waals surface area (Å²) in [6, 6.07) is 5.49. The number of amides is 1. The van der Waals surface area contributed by atoms with Crippen LogP contribution in [0.5, 0.6) is 0 Å². The van der Waals surface area contributed by atoms with Crippen molar-refractivity contribution in [1.82, 2.24) is 4.98 Å². The lowest BCUT2D eigenvalue weighted by atomic mass is 9.89. The molecule has 0 aliphatic heterocycles. The molecule has 1 amide bonds. The molecule has 0 bridgehead atoms. The molecule has 0 radical (unpaired) electrons. The molecular weight excluding hydrogens is 360 g/mol. The molecule has 29 heavy (non-hydrogen) atoms. The fourth-order valence-electron chi connectivity index (χ4n) is 4.15. The number of rotatable bonds is 14. The highest BCUT2D eigenvalue weighted by Gasteiger charge is 2.32. The van der Waals surface area contributed by atoms with Crippen LogP contribution in [0.15, 0.2) is 36.5 Å². The van der Waals surface area contributed by atoms with Gasteiger partial charge in [-0.25, -0.2) is 4.98 Å². The highest BCUT2D eigenvalue weighted by molar-refractivity contribution is 5.89. The van der Waals surface area contributed by atoms with E-state index < -0.39 is 0 Å². The van der Waals surface area contributed by atoms with E-state index in [0.29, 0.717) is 23.9 Å². The van der Waals surface area contributed by atoms with Crippen LogP contribution in [0, 0.1) is 11.8 Å². The van der Waals surface area contributed by atoms with Crippen molar-refractivity contribution in [3.8, 4) is 0 Å². The summed E-state index contributed by atoms with van der Waals surface area (Å²) in [5, 5.41) is 2.82. The van der Waals surface area contributed by atoms with Gasteiger partial charge in [0.2, 0.25) is 5.91 Å². The van der Waals surface area contributed by atoms with Gasteiger partial charge < -0.3 is 5.32 Å². The molecule has 1 aliphatic rings. The fourth-order valence-corrected chi connectivity index (χ4v) is 4.15. The monoisotopic (exact) mass is 398 g/mol. The largest absolute Gasteiger partial charge is 0.311 e. The summed E-state index contributed by atoms with van der Waals surface area (Å²) in [6.07, 6.45) is 20.1. The summed E-state index contributed by atoms with van der Waals surface area (Å²) < 4.78 is 0. The minimum absolute atomic E-state index is 0.0267. The third kappa shape index (κ3) is 9.38. The Morgan fingerprint density at radius 2 is 1.97 bits per heavy atom. The van der Waals surface area contributed by atoms with Gasteiger partial charge in [0.1, 0.15) is 11.6 Å². The lowest BCUT2D eigenvalue weighted by molar-refractivity contribution is -0.121. The number of carbonyl (C=O) groups is 2. The Kier molecular flexibility index (Phi) is 11.3. The zero-order valence-electron chi connectivity index (χ0n) is 18.1. The van der Waals surface area contributed by atoms with Crippen LogP contribution in [0.2, 0.25) is 0 Å². The maximum absolute atomic E-state index is 12.2. The molecule has 0 saturated heterocycles. The second-order valence-corrected chi connectivity index (χ2v) is 8.27. The van der Waals surface area contributed by atoms with E-state index in [2.05, 4.69) is 29.4 Å². The lowest BCUT2D eigenvalue weighted by Gasteiger charge is -2.14. The first kappa shape index (κ1) is 23.3. The maximum atomic E-state index is 12.2.